The van der Waals surface area contributed by atoms with Crippen LogP contribution in [0.25, 0.3) is 0 Å². The van der Waals surface area contributed by atoms with E-state index in [1.165, 1.54) is 25.7 Å². The topological polar surface area (TPSA) is 44.4 Å². The Balaban J connectivity index is 1.79. The summed E-state index contributed by atoms with van der Waals surface area (Å²) in [6, 6.07) is 2.14. The van der Waals surface area contributed by atoms with E-state index in [1.807, 2.05) is 6.92 Å². The van der Waals surface area contributed by atoms with Crippen molar-refractivity contribution in [1.82, 2.24) is 15.5 Å². The van der Waals surface area contributed by atoms with Crippen molar-refractivity contribution in [1.29, 1.82) is 0 Å². The summed E-state index contributed by atoms with van der Waals surface area (Å²) in [7, 11) is 0. The third-order valence-electron chi connectivity index (χ3n) is 4.37. The molecule has 18 heavy (non-hydrogen) atoms. The molecule has 0 spiro atoms. The molecule has 2 aliphatic rings. The van der Waals surface area contributed by atoms with Crippen LogP contribution in [-0.2, 0) is 4.79 Å². The molecule has 2 rings (SSSR count). The Bertz CT molecular complexity index is 270. The summed E-state index contributed by atoms with van der Waals surface area (Å²) in [6.07, 6.45) is 5.85. The highest BCUT2D eigenvalue weighted by atomic mass is 16.1. The number of hydrogen-bond acceptors (Lipinski definition) is 3. The van der Waals surface area contributed by atoms with Crippen molar-refractivity contribution in [3.05, 3.63) is 0 Å². The average molecular weight is 253 g/mol. The van der Waals surface area contributed by atoms with E-state index in [4.69, 9.17) is 0 Å². The molecule has 2 heterocycles. The lowest BCUT2D eigenvalue weighted by Gasteiger charge is -2.37. The first-order valence-corrected chi connectivity index (χ1v) is 7.49. The monoisotopic (exact) mass is 253 g/mol. The van der Waals surface area contributed by atoms with Crippen LogP contribution < -0.4 is 10.6 Å². The van der Waals surface area contributed by atoms with Crippen LogP contribution in [0.4, 0.5) is 0 Å². The lowest BCUT2D eigenvalue weighted by atomic mass is 9.98. The van der Waals surface area contributed by atoms with Crippen LogP contribution in [0.15, 0.2) is 0 Å². The van der Waals surface area contributed by atoms with E-state index in [9.17, 15) is 4.79 Å². The molecule has 2 fully saturated rings. The smallest absolute Gasteiger partial charge is 0.221 e. The molecule has 0 saturated carbocycles. The van der Waals surface area contributed by atoms with E-state index in [0.29, 0.717) is 12.5 Å². The Morgan fingerprint density at radius 2 is 1.94 bits per heavy atom. The maximum absolute atomic E-state index is 11.5. The molecule has 104 valence electrons. The quantitative estimate of drug-likeness (QED) is 0.745. The van der Waals surface area contributed by atoms with Gasteiger partial charge in [-0.1, -0.05) is 6.92 Å². The van der Waals surface area contributed by atoms with Gasteiger partial charge < -0.3 is 15.5 Å². The maximum Gasteiger partial charge on any atom is 0.221 e. The van der Waals surface area contributed by atoms with Crippen LogP contribution in [0.5, 0.6) is 0 Å². The number of carbonyl (C=O) groups is 1. The summed E-state index contributed by atoms with van der Waals surface area (Å²) < 4.78 is 0. The third-order valence-corrected chi connectivity index (χ3v) is 4.37. The van der Waals surface area contributed by atoms with Crippen molar-refractivity contribution in [3.63, 3.8) is 0 Å². The van der Waals surface area contributed by atoms with Crippen LogP contribution in [0.1, 0.15) is 46.0 Å². The van der Waals surface area contributed by atoms with Gasteiger partial charge in [-0.15, -0.1) is 0 Å². The van der Waals surface area contributed by atoms with Crippen LogP contribution in [0, 0.1) is 0 Å². The molecule has 0 aromatic rings. The average Bonchev–Trinajstić information content (AvgIpc) is 2.70. The highest BCUT2D eigenvalue weighted by Crippen LogP contribution is 2.29. The Morgan fingerprint density at radius 3 is 2.50 bits per heavy atom. The van der Waals surface area contributed by atoms with Gasteiger partial charge in [-0.3, -0.25) is 4.79 Å². The number of piperidine rings is 1. The lowest BCUT2D eigenvalue weighted by molar-refractivity contribution is -0.121. The molecule has 4 nitrogen and oxygen atoms in total. The fourth-order valence-electron chi connectivity index (χ4n) is 3.45. The molecule has 2 N–H and O–H groups in total. The molecular weight excluding hydrogens is 226 g/mol. The van der Waals surface area contributed by atoms with Crippen LogP contribution in [0.3, 0.4) is 0 Å². The van der Waals surface area contributed by atoms with Gasteiger partial charge in [-0.25, -0.2) is 0 Å². The zero-order valence-electron chi connectivity index (χ0n) is 11.7. The Hall–Kier alpha value is -0.610. The minimum Gasteiger partial charge on any atom is -0.356 e. The largest absolute Gasteiger partial charge is 0.356 e. The van der Waals surface area contributed by atoms with Gasteiger partial charge in [0.2, 0.25) is 5.91 Å². The van der Waals surface area contributed by atoms with Crippen molar-refractivity contribution in [2.45, 2.75) is 64.1 Å². The van der Waals surface area contributed by atoms with Gasteiger partial charge in [0.05, 0.1) is 0 Å². The molecule has 0 aliphatic carbocycles. The number of fused-ring (bicyclic) bond motifs is 2. The van der Waals surface area contributed by atoms with Gasteiger partial charge in [0.25, 0.3) is 0 Å². The fraction of sp³-hybridized carbons (Fsp3) is 0.929. The van der Waals surface area contributed by atoms with Gasteiger partial charge in [0.1, 0.15) is 0 Å². The molecule has 2 saturated heterocycles. The summed E-state index contributed by atoms with van der Waals surface area (Å²) in [5.74, 6) is 0.188. The second kappa shape index (κ2) is 6.53. The second-order valence-corrected chi connectivity index (χ2v) is 5.60. The minimum atomic E-state index is 0.188. The summed E-state index contributed by atoms with van der Waals surface area (Å²) in [6.45, 7) is 6.89. The zero-order chi connectivity index (χ0) is 13.0. The van der Waals surface area contributed by atoms with E-state index < -0.39 is 0 Å². The molecule has 4 heteroatoms. The summed E-state index contributed by atoms with van der Waals surface area (Å²) in [5, 5.41) is 6.56. The van der Waals surface area contributed by atoms with Crippen LogP contribution in [-0.4, -0.2) is 48.6 Å². The first kappa shape index (κ1) is 13.8. The molecule has 2 aliphatic heterocycles. The second-order valence-electron chi connectivity index (χ2n) is 5.60. The standard InChI is InChI=1S/C14H27N3O/c1-3-15-14(18)7-8-17(4-2)13-9-11-5-6-12(10-13)16-11/h11-13,16H,3-10H2,1-2H3,(H,15,18). The summed E-state index contributed by atoms with van der Waals surface area (Å²) >= 11 is 0. The number of carbonyl (C=O) groups excluding carboxylic acids is 1. The molecular formula is C14H27N3O. The number of rotatable bonds is 6. The lowest BCUT2D eigenvalue weighted by Crippen LogP contribution is -2.48. The van der Waals surface area contributed by atoms with Crippen molar-refractivity contribution in [2.75, 3.05) is 19.6 Å². The molecule has 2 bridgehead atoms. The number of amides is 1. The Morgan fingerprint density at radius 1 is 1.28 bits per heavy atom. The van der Waals surface area contributed by atoms with Crippen LogP contribution in [0.2, 0.25) is 0 Å². The van der Waals surface area contributed by atoms with Gasteiger partial charge in [0.15, 0.2) is 0 Å². The fourth-order valence-corrected chi connectivity index (χ4v) is 3.45. The predicted molar refractivity (Wildman–Crippen MR) is 73.5 cm³/mol. The molecule has 0 aromatic heterocycles. The van der Waals surface area contributed by atoms with E-state index in [0.717, 1.165) is 31.7 Å². The van der Waals surface area contributed by atoms with E-state index >= 15 is 0 Å². The number of nitrogens with zero attached hydrogens (tertiary/aromatic N) is 1. The van der Waals surface area contributed by atoms with Crippen molar-refractivity contribution >= 4 is 5.91 Å². The van der Waals surface area contributed by atoms with Gasteiger partial charge >= 0.3 is 0 Å². The van der Waals surface area contributed by atoms with Crippen molar-refractivity contribution in [2.24, 2.45) is 0 Å². The highest BCUT2D eigenvalue weighted by molar-refractivity contribution is 5.75. The highest BCUT2D eigenvalue weighted by Gasteiger charge is 2.35. The van der Waals surface area contributed by atoms with Crippen LogP contribution >= 0.6 is 0 Å². The third kappa shape index (κ3) is 3.45. The zero-order valence-corrected chi connectivity index (χ0v) is 11.7. The molecule has 2 atom stereocenters. The van der Waals surface area contributed by atoms with E-state index in [-0.39, 0.29) is 5.91 Å². The summed E-state index contributed by atoms with van der Waals surface area (Å²) in [4.78, 5) is 14.0. The van der Waals surface area contributed by atoms with E-state index in [1.54, 1.807) is 0 Å². The number of hydrogen-bond donors (Lipinski definition) is 2. The Labute approximate surface area is 110 Å². The Kier molecular flexibility index (Phi) is 5.01. The maximum atomic E-state index is 11.5. The summed E-state index contributed by atoms with van der Waals surface area (Å²) in [5.41, 5.74) is 0. The first-order valence-electron chi connectivity index (χ1n) is 7.49. The molecule has 1 amide bonds. The van der Waals surface area contributed by atoms with Gasteiger partial charge in [0, 0.05) is 37.6 Å². The van der Waals surface area contributed by atoms with Crippen molar-refractivity contribution in [3.8, 4) is 0 Å². The normalized spacial score (nSPS) is 30.7. The van der Waals surface area contributed by atoms with Crippen molar-refractivity contribution < 1.29 is 4.79 Å². The molecule has 0 radical (unpaired) electrons. The van der Waals surface area contributed by atoms with E-state index in [2.05, 4.69) is 22.5 Å². The predicted octanol–water partition coefficient (Wildman–Crippen LogP) is 1.12. The molecule has 0 aromatic carbocycles. The number of nitrogens with one attached hydrogen (secondary N) is 2. The first-order chi connectivity index (χ1) is 8.72. The van der Waals surface area contributed by atoms with Gasteiger partial charge in [-0.05, 0) is 39.2 Å². The minimum absolute atomic E-state index is 0.188. The molecule has 2 unspecified atom stereocenters. The SMILES string of the molecule is CCNC(=O)CCN(CC)C1CC2CCC(C1)N2. The van der Waals surface area contributed by atoms with Gasteiger partial charge in [-0.2, -0.15) is 0 Å².